The molecule has 0 aliphatic heterocycles. The minimum Gasteiger partial charge on any atom is -0.382 e. The van der Waals surface area contributed by atoms with Crippen molar-refractivity contribution >= 4 is 28.4 Å². The number of fused-ring (bicyclic) bond motifs is 2. The van der Waals surface area contributed by atoms with Crippen LogP contribution >= 0.6 is 0 Å². The monoisotopic (exact) mass is 483 g/mol. The first-order valence-electron chi connectivity index (χ1n) is 11.3. The second kappa shape index (κ2) is 8.11. The summed E-state index contributed by atoms with van der Waals surface area (Å²) in [5, 5.41) is 17.2. The Morgan fingerprint density at radius 3 is 2.63 bits per heavy atom. The number of halogens is 3. The molecule has 12 heteroatoms. The molecule has 0 saturated heterocycles. The highest BCUT2D eigenvalue weighted by molar-refractivity contribution is 5.88. The summed E-state index contributed by atoms with van der Waals surface area (Å²) in [7, 11) is 0. The van der Waals surface area contributed by atoms with Gasteiger partial charge in [0, 0.05) is 17.8 Å². The van der Waals surface area contributed by atoms with Gasteiger partial charge in [-0.05, 0) is 57.7 Å². The summed E-state index contributed by atoms with van der Waals surface area (Å²) in [6.45, 7) is 2.33. The molecule has 1 fully saturated rings. The summed E-state index contributed by atoms with van der Waals surface area (Å²) in [6, 6.07) is 7.64. The standard InChI is InChI=1S/C23H24F3N9/c1-13-29-17-4-3-16(31-20(17)34(13)12-23(24,25)26)15-7-10-35-18(15)19(28)32-21(33-35)30-14-5-8-22(2,11-27)9-6-14/h3-4,7,10,14H,5-6,8-9,12H2,1-2H3,(H3,28,30,32,33). The van der Waals surface area contributed by atoms with Gasteiger partial charge in [-0.3, -0.25) is 0 Å². The van der Waals surface area contributed by atoms with E-state index in [-0.39, 0.29) is 28.7 Å². The van der Waals surface area contributed by atoms with Gasteiger partial charge >= 0.3 is 6.18 Å². The molecule has 0 aromatic carbocycles. The number of nitrogens with two attached hydrogens (primary N) is 1. The number of nitrogens with one attached hydrogen (secondary N) is 1. The molecule has 35 heavy (non-hydrogen) atoms. The van der Waals surface area contributed by atoms with Gasteiger partial charge in [-0.25, -0.2) is 14.5 Å². The summed E-state index contributed by atoms with van der Waals surface area (Å²) >= 11 is 0. The fourth-order valence-electron chi connectivity index (χ4n) is 4.65. The van der Waals surface area contributed by atoms with Crippen molar-refractivity contribution < 1.29 is 13.2 Å². The Morgan fingerprint density at radius 1 is 1.20 bits per heavy atom. The molecule has 5 rings (SSSR count). The van der Waals surface area contributed by atoms with Gasteiger partial charge in [-0.1, -0.05) is 0 Å². The molecule has 4 aromatic heterocycles. The van der Waals surface area contributed by atoms with Crippen molar-refractivity contribution in [1.29, 1.82) is 5.26 Å². The number of hydrogen-bond acceptors (Lipinski definition) is 7. The lowest BCUT2D eigenvalue weighted by molar-refractivity contribution is -0.140. The molecule has 1 aliphatic rings. The van der Waals surface area contributed by atoms with Crippen molar-refractivity contribution in [2.75, 3.05) is 11.1 Å². The molecule has 182 valence electrons. The number of imidazole rings is 1. The van der Waals surface area contributed by atoms with Gasteiger partial charge in [0.15, 0.2) is 11.5 Å². The molecule has 0 spiro atoms. The van der Waals surface area contributed by atoms with E-state index in [0.29, 0.717) is 28.2 Å². The molecule has 1 saturated carbocycles. The maximum Gasteiger partial charge on any atom is 0.406 e. The molecule has 1 aliphatic carbocycles. The zero-order valence-corrected chi connectivity index (χ0v) is 19.3. The first-order valence-corrected chi connectivity index (χ1v) is 11.3. The van der Waals surface area contributed by atoms with Gasteiger partial charge in [0.2, 0.25) is 5.95 Å². The van der Waals surface area contributed by atoms with Crippen LogP contribution in [0.15, 0.2) is 24.4 Å². The lowest BCUT2D eigenvalue weighted by Crippen LogP contribution is -2.31. The summed E-state index contributed by atoms with van der Waals surface area (Å²) in [5.41, 5.74) is 8.10. The molecule has 0 radical (unpaired) electrons. The van der Waals surface area contributed by atoms with Crippen LogP contribution in [0.25, 0.3) is 27.9 Å². The van der Waals surface area contributed by atoms with E-state index in [9.17, 15) is 18.4 Å². The predicted octanol–water partition coefficient (Wildman–Crippen LogP) is 4.48. The number of aromatic nitrogens is 6. The van der Waals surface area contributed by atoms with Crippen molar-refractivity contribution in [2.24, 2.45) is 5.41 Å². The van der Waals surface area contributed by atoms with Crippen molar-refractivity contribution in [3.05, 3.63) is 30.2 Å². The van der Waals surface area contributed by atoms with Gasteiger partial charge in [-0.15, -0.1) is 5.10 Å². The maximum atomic E-state index is 13.1. The van der Waals surface area contributed by atoms with E-state index in [1.807, 2.05) is 6.92 Å². The molecule has 4 aromatic rings. The van der Waals surface area contributed by atoms with Crippen LogP contribution in [-0.4, -0.2) is 41.4 Å². The van der Waals surface area contributed by atoms with Gasteiger partial charge in [0.1, 0.15) is 23.4 Å². The summed E-state index contributed by atoms with van der Waals surface area (Å²) in [5.74, 6) is 0.840. The Kier molecular flexibility index (Phi) is 5.30. The van der Waals surface area contributed by atoms with Gasteiger partial charge < -0.3 is 15.6 Å². The van der Waals surface area contributed by atoms with Crippen LogP contribution in [0.3, 0.4) is 0 Å². The zero-order valence-electron chi connectivity index (χ0n) is 19.3. The van der Waals surface area contributed by atoms with E-state index >= 15 is 0 Å². The van der Waals surface area contributed by atoms with Crippen molar-refractivity contribution in [1.82, 2.24) is 29.1 Å². The topological polar surface area (TPSA) is 123 Å². The highest BCUT2D eigenvalue weighted by atomic mass is 19.4. The van der Waals surface area contributed by atoms with E-state index < -0.39 is 12.7 Å². The van der Waals surface area contributed by atoms with Gasteiger partial charge in [-0.2, -0.15) is 23.4 Å². The Morgan fingerprint density at radius 2 is 1.94 bits per heavy atom. The Hall–Kier alpha value is -3.88. The average Bonchev–Trinajstić information content (AvgIpc) is 3.36. The Balaban J connectivity index is 1.46. The zero-order chi connectivity index (χ0) is 25.0. The third kappa shape index (κ3) is 4.34. The molecule has 0 bridgehead atoms. The summed E-state index contributed by atoms with van der Waals surface area (Å²) < 4.78 is 41.9. The van der Waals surface area contributed by atoms with Gasteiger partial charge in [0.05, 0.1) is 17.2 Å². The molecule has 0 amide bonds. The number of nitriles is 1. The number of alkyl halides is 3. The molecular formula is C23H24F3N9. The normalized spacial score (nSPS) is 20.9. The average molecular weight is 484 g/mol. The fraction of sp³-hybridized carbons (Fsp3) is 0.435. The molecule has 9 nitrogen and oxygen atoms in total. The Labute approximate surface area is 198 Å². The third-order valence-electron chi connectivity index (χ3n) is 6.63. The second-order valence-corrected chi connectivity index (χ2v) is 9.33. The Bertz CT molecular complexity index is 1450. The number of hydrogen-bond donors (Lipinski definition) is 2. The minimum atomic E-state index is -4.40. The van der Waals surface area contributed by atoms with E-state index in [1.165, 1.54) is 6.92 Å². The van der Waals surface area contributed by atoms with Crippen LogP contribution in [0.4, 0.5) is 24.9 Å². The SMILES string of the molecule is Cc1nc2ccc(-c3ccn4nc(NC5CCC(C)(C#N)CC5)nc(N)c34)nc2n1CC(F)(F)F. The predicted molar refractivity (Wildman–Crippen MR) is 124 cm³/mol. The fourth-order valence-corrected chi connectivity index (χ4v) is 4.65. The van der Waals surface area contributed by atoms with Crippen LogP contribution in [0.1, 0.15) is 38.4 Å². The molecule has 3 N–H and O–H groups in total. The molecule has 0 atom stereocenters. The van der Waals surface area contributed by atoms with E-state index in [0.717, 1.165) is 30.3 Å². The van der Waals surface area contributed by atoms with Crippen LogP contribution in [-0.2, 0) is 6.54 Å². The van der Waals surface area contributed by atoms with Crippen LogP contribution in [0, 0.1) is 23.7 Å². The van der Waals surface area contributed by atoms with Crippen molar-refractivity contribution in [3.8, 4) is 17.3 Å². The molecular weight excluding hydrogens is 459 g/mol. The molecule has 4 heterocycles. The first kappa shape index (κ1) is 22.9. The van der Waals surface area contributed by atoms with Crippen LogP contribution in [0.5, 0.6) is 0 Å². The van der Waals surface area contributed by atoms with Crippen LogP contribution < -0.4 is 11.1 Å². The number of rotatable bonds is 4. The summed E-state index contributed by atoms with van der Waals surface area (Å²) in [6.07, 6.45) is 0.572. The second-order valence-electron chi connectivity index (χ2n) is 9.33. The first-order chi connectivity index (χ1) is 16.5. The number of nitrogens with zero attached hydrogens (tertiary/aromatic N) is 7. The smallest absolute Gasteiger partial charge is 0.382 e. The quantitative estimate of drug-likeness (QED) is 0.439. The number of anilines is 2. The lowest BCUT2D eigenvalue weighted by atomic mass is 9.75. The van der Waals surface area contributed by atoms with Crippen LogP contribution in [0.2, 0.25) is 0 Å². The lowest BCUT2D eigenvalue weighted by Gasteiger charge is -2.32. The number of nitrogen functional groups attached to an aromatic ring is 1. The van der Waals surface area contributed by atoms with E-state index in [2.05, 4.69) is 31.4 Å². The number of aryl methyl sites for hydroxylation is 1. The van der Waals surface area contributed by atoms with E-state index in [1.54, 1.807) is 28.9 Å². The minimum absolute atomic E-state index is 0.143. The largest absolute Gasteiger partial charge is 0.406 e. The van der Waals surface area contributed by atoms with Crippen molar-refractivity contribution in [3.63, 3.8) is 0 Å². The highest BCUT2D eigenvalue weighted by Gasteiger charge is 2.32. The number of pyridine rings is 1. The van der Waals surface area contributed by atoms with Gasteiger partial charge in [0.25, 0.3) is 0 Å². The third-order valence-corrected chi connectivity index (χ3v) is 6.63. The van der Waals surface area contributed by atoms with E-state index in [4.69, 9.17) is 5.73 Å². The molecule has 0 unspecified atom stereocenters. The summed E-state index contributed by atoms with van der Waals surface area (Å²) in [4.78, 5) is 13.1. The van der Waals surface area contributed by atoms with Crippen molar-refractivity contribution in [2.45, 2.75) is 58.3 Å². The maximum absolute atomic E-state index is 13.1. The highest BCUT2D eigenvalue weighted by Crippen LogP contribution is 2.36.